The standard InChI is InChI=1S/C27H33NO/c1-3-5-7-9-10-12-22-29-27-21-20-26(28-23-27)19-18-25-16-14-24(15-17-25)13-11-8-6-4-2/h14-17,20-21,23H,3-10,12,22H2,1-2H3. The van der Waals surface area contributed by atoms with Crippen LogP contribution in [0.15, 0.2) is 42.6 Å². The quantitative estimate of drug-likeness (QED) is 0.332. The highest BCUT2D eigenvalue weighted by atomic mass is 16.5. The molecule has 0 bridgehead atoms. The Kier molecular flexibility index (Phi) is 11.1. The first-order valence-corrected chi connectivity index (χ1v) is 11.0. The molecule has 0 unspecified atom stereocenters. The van der Waals surface area contributed by atoms with Crippen molar-refractivity contribution in [1.29, 1.82) is 0 Å². The van der Waals surface area contributed by atoms with Gasteiger partial charge in [-0.2, -0.15) is 0 Å². The van der Waals surface area contributed by atoms with Crippen LogP contribution in [0.4, 0.5) is 0 Å². The third-order valence-electron chi connectivity index (χ3n) is 4.61. The molecule has 0 saturated carbocycles. The van der Waals surface area contributed by atoms with Crippen LogP contribution in [0.3, 0.4) is 0 Å². The van der Waals surface area contributed by atoms with E-state index in [0.29, 0.717) is 0 Å². The summed E-state index contributed by atoms with van der Waals surface area (Å²) >= 11 is 0. The van der Waals surface area contributed by atoms with E-state index in [1.165, 1.54) is 38.5 Å². The zero-order chi connectivity index (χ0) is 20.6. The molecule has 0 aliphatic rings. The minimum absolute atomic E-state index is 0.750. The molecule has 152 valence electrons. The predicted molar refractivity (Wildman–Crippen MR) is 122 cm³/mol. The van der Waals surface area contributed by atoms with Crippen LogP contribution in [0, 0.1) is 23.7 Å². The van der Waals surface area contributed by atoms with Crippen molar-refractivity contribution in [3.8, 4) is 29.4 Å². The summed E-state index contributed by atoms with van der Waals surface area (Å²) in [4.78, 5) is 4.39. The Bertz CT molecular complexity index is 813. The van der Waals surface area contributed by atoms with Crippen molar-refractivity contribution in [1.82, 2.24) is 4.98 Å². The maximum atomic E-state index is 5.77. The molecule has 0 aliphatic heterocycles. The van der Waals surface area contributed by atoms with Crippen molar-refractivity contribution in [2.24, 2.45) is 0 Å². The lowest BCUT2D eigenvalue weighted by atomic mass is 10.1. The zero-order valence-electron chi connectivity index (χ0n) is 18.0. The molecule has 0 fully saturated rings. The first-order valence-electron chi connectivity index (χ1n) is 11.0. The van der Waals surface area contributed by atoms with E-state index in [4.69, 9.17) is 4.74 Å². The normalized spacial score (nSPS) is 9.86. The Morgan fingerprint density at radius 3 is 2.10 bits per heavy atom. The van der Waals surface area contributed by atoms with Gasteiger partial charge in [-0.25, -0.2) is 4.98 Å². The van der Waals surface area contributed by atoms with Crippen molar-refractivity contribution in [3.63, 3.8) is 0 Å². The highest BCUT2D eigenvalue weighted by Crippen LogP contribution is 2.11. The number of aromatic nitrogens is 1. The summed E-state index contributed by atoms with van der Waals surface area (Å²) in [5, 5.41) is 0. The Morgan fingerprint density at radius 1 is 0.724 bits per heavy atom. The Labute approximate surface area is 177 Å². The van der Waals surface area contributed by atoms with E-state index in [2.05, 4.69) is 42.5 Å². The van der Waals surface area contributed by atoms with Gasteiger partial charge < -0.3 is 4.74 Å². The van der Waals surface area contributed by atoms with E-state index >= 15 is 0 Å². The third kappa shape index (κ3) is 9.87. The van der Waals surface area contributed by atoms with Gasteiger partial charge in [0.1, 0.15) is 11.4 Å². The zero-order valence-corrected chi connectivity index (χ0v) is 18.0. The van der Waals surface area contributed by atoms with E-state index in [9.17, 15) is 0 Å². The minimum atomic E-state index is 0.750. The molecule has 2 rings (SSSR count). The maximum absolute atomic E-state index is 5.77. The van der Waals surface area contributed by atoms with Crippen LogP contribution in [0.2, 0.25) is 0 Å². The summed E-state index contributed by atoms with van der Waals surface area (Å²) in [6, 6.07) is 11.9. The topological polar surface area (TPSA) is 22.1 Å². The fourth-order valence-corrected chi connectivity index (χ4v) is 2.81. The lowest BCUT2D eigenvalue weighted by Gasteiger charge is -2.05. The molecule has 0 amide bonds. The van der Waals surface area contributed by atoms with Crippen LogP contribution in [0.25, 0.3) is 0 Å². The second-order valence-electron chi connectivity index (χ2n) is 7.23. The molecule has 0 atom stereocenters. The molecule has 1 aromatic carbocycles. The van der Waals surface area contributed by atoms with Crippen LogP contribution in [0.5, 0.6) is 5.75 Å². The van der Waals surface area contributed by atoms with Gasteiger partial charge in [0, 0.05) is 17.5 Å². The summed E-state index contributed by atoms with van der Waals surface area (Å²) in [5.74, 6) is 13.5. The molecule has 0 N–H and O–H groups in total. The van der Waals surface area contributed by atoms with Crippen molar-refractivity contribution in [2.45, 2.75) is 71.6 Å². The molecule has 0 radical (unpaired) electrons. The molecular weight excluding hydrogens is 354 g/mol. The fraction of sp³-hybridized carbons (Fsp3) is 0.444. The first-order chi connectivity index (χ1) is 14.3. The monoisotopic (exact) mass is 387 g/mol. The molecule has 2 aromatic rings. The SMILES string of the molecule is CCCCC#Cc1ccc(C#Cc2ccc(OCCCCCCCC)cn2)cc1. The summed E-state index contributed by atoms with van der Waals surface area (Å²) < 4.78 is 5.77. The maximum Gasteiger partial charge on any atom is 0.137 e. The average Bonchev–Trinajstić information content (AvgIpc) is 2.76. The molecule has 2 nitrogen and oxygen atoms in total. The van der Waals surface area contributed by atoms with Gasteiger partial charge in [-0.05, 0) is 55.2 Å². The number of hydrogen-bond acceptors (Lipinski definition) is 2. The number of nitrogens with zero attached hydrogens (tertiary/aromatic N) is 1. The molecule has 0 aliphatic carbocycles. The summed E-state index contributed by atoms with van der Waals surface area (Å²) in [6.45, 7) is 5.18. The van der Waals surface area contributed by atoms with Crippen LogP contribution in [-0.4, -0.2) is 11.6 Å². The highest BCUT2D eigenvalue weighted by molar-refractivity contribution is 5.44. The van der Waals surface area contributed by atoms with Gasteiger partial charge in [0.15, 0.2) is 0 Å². The van der Waals surface area contributed by atoms with Crippen molar-refractivity contribution in [2.75, 3.05) is 6.61 Å². The van der Waals surface area contributed by atoms with Crippen molar-refractivity contribution in [3.05, 3.63) is 59.4 Å². The van der Waals surface area contributed by atoms with Crippen LogP contribution in [0.1, 0.15) is 88.5 Å². The number of ether oxygens (including phenoxy) is 1. The van der Waals surface area contributed by atoms with E-state index < -0.39 is 0 Å². The van der Waals surface area contributed by atoms with Gasteiger partial charge >= 0.3 is 0 Å². The number of hydrogen-bond donors (Lipinski definition) is 0. The second kappa shape index (κ2) is 14.3. The van der Waals surface area contributed by atoms with Gasteiger partial charge in [-0.15, -0.1) is 0 Å². The minimum Gasteiger partial charge on any atom is -0.492 e. The Balaban J connectivity index is 1.76. The fourth-order valence-electron chi connectivity index (χ4n) is 2.81. The molecule has 0 spiro atoms. The smallest absolute Gasteiger partial charge is 0.137 e. The molecule has 1 heterocycles. The van der Waals surface area contributed by atoms with Gasteiger partial charge in [-0.3, -0.25) is 0 Å². The van der Waals surface area contributed by atoms with Crippen molar-refractivity contribution < 1.29 is 4.74 Å². The van der Waals surface area contributed by atoms with Crippen LogP contribution in [-0.2, 0) is 0 Å². The molecule has 2 heteroatoms. The van der Waals surface area contributed by atoms with E-state index in [0.717, 1.165) is 48.4 Å². The number of benzene rings is 1. The number of rotatable bonds is 10. The van der Waals surface area contributed by atoms with Crippen molar-refractivity contribution >= 4 is 0 Å². The molecule has 1 aromatic heterocycles. The van der Waals surface area contributed by atoms with E-state index in [1.54, 1.807) is 6.20 Å². The summed E-state index contributed by atoms with van der Waals surface area (Å²) in [5.41, 5.74) is 2.76. The second-order valence-corrected chi connectivity index (χ2v) is 7.23. The molecular formula is C27H33NO. The highest BCUT2D eigenvalue weighted by Gasteiger charge is 1.96. The number of pyridine rings is 1. The first kappa shape index (κ1) is 22.6. The van der Waals surface area contributed by atoms with Gasteiger partial charge in [0.05, 0.1) is 12.8 Å². The largest absolute Gasteiger partial charge is 0.492 e. The lowest BCUT2D eigenvalue weighted by molar-refractivity contribution is 0.303. The predicted octanol–water partition coefficient (Wildman–Crippen LogP) is 6.76. The third-order valence-corrected chi connectivity index (χ3v) is 4.61. The molecule has 0 saturated heterocycles. The summed E-state index contributed by atoms with van der Waals surface area (Å²) in [6.07, 6.45) is 12.7. The molecule has 29 heavy (non-hydrogen) atoms. The Hall–Kier alpha value is -2.71. The average molecular weight is 388 g/mol. The van der Waals surface area contributed by atoms with E-state index in [1.807, 2.05) is 36.4 Å². The van der Waals surface area contributed by atoms with Gasteiger partial charge in [-0.1, -0.05) is 70.1 Å². The number of unbranched alkanes of at least 4 members (excludes halogenated alkanes) is 7. The lowest BCUT2D eigenvalue weighted by Crippen LogP contribution is -1.98. The van der Waals surface area contributed by atoms with Gasteiger partial charge in [0.25, 0.3) is 0 Å². The summed E-state index contributed by atoms with van der Waals surface area (Å²) in [7, 11) is 0. The van der Waals surface area contributed by atoms with Gasteiger partial charge in [0.2, 0.25) is 0 Å². The van der Waals surface area contributed by atoms with E-state index in [-0.39, 0.29) is 0 Å². The van der Waals surface area contributed by atoms with Crippen LogP contribution >= 0.6 is 0 Å². The Morgan fingerprint density at radius 2 is 1.41 bits per heavy atom. The van der Waals surface area contributed by atoms with Crippen LogP contribution < -0.4 is 4.74 Å².